The van der Waals surface area contributed by atoms with Crippen molar-refractivity contribution < 1.29 is 26.3 Å². The number of nitrogens with one attached hydrogen (secondary N) is 2. The van der Waals surface area contributed by atoms with Crippen LogP contribution in [-0.4, -0.2) is 12.7 Å². The fourth-order valence-corrected chi connectivity index (χ4v) is 2.66. The van der Waals surface area contributed by atoms with E-state index in [0.29, 0.717) is 12.1 Å². The molecule has 1 saturated carbocycles. The summed E-state index contributed by atoms with van der Waals surface area (Å²) < 4.78 is 76.4. The molecule has 0 saturated heterocycles. The van der Waals surface area contributed by atoms with Crippen molar-refractivity contribution in [3.8, 4) is 0 Å². The fraction of sp³-hybridized carbons (Fsp3) is 0.600. The van der Waals surface area contributed by atoms with Gasteiger partial charge in [0.1, 0.15) is 0 Å². The second-order valence-electron chi connectivity index (χ2n) is 5.69. The summed E-state index contributed by atoms with van der Waals surface area (Å²) in [6.45, 7) is 0.128. The van der Waals surface area contributed by atoms with Crippen LogP contribution < -0.4 is 10.6 Å². The van der Waals surface area contributed by atoms with Crippen molar-refractivity contribution in [1.82, 2.24) is 5.32 Å². The highest BCUT2D eigenvalue weighted by atomic mass is 19.4. The first-order valence-corrected chi connectivity index (χ1v) is 7.43. The Balaban J connectivity index is 2.07. The first-order chi connectivity index (χ1) is 10.7. The molecule has 0 bridgehead atoms. The smallest absolute Gasteiger partial charge is 0.372 e. The molecule has 0 aliphatic heterocycles. The summed E-state index contributed by atoms with van der Waals surface area (Å²) in [6.07, 6.45) is -4.38. The molecule has 1 aromatic rings. The zero-order valence-electron chi connectivity index (χ0n) is 12.3. The van der Waals surface area contributed by atoms with Gasteiger partial charge in [0, 0.05) is 11.7 Å². The number of hydrogen-bond acceptors (Lipinski definition) is 2. The van der Waals surface area contributed by atoms with Crippen LogP contribution in [0.5, 0.6) is 0 Å². The summed E-state index contributed by atoms with van der Waals surface area (Å²) in [6, 6.07) is 1.76. The lowest BCUT2D eigenvalue weighted by atomic mass is 9.96. The van der Waals surface area contributed by atoms with E-state index in [1.165, 1.54) is 0 Å². The van der Waals surface area contributed by atoms with E-state index >= 15 is 0 Å². The van der Waals surface area contributed by atoms with E-state index in [4.69, 9.17) is 0 Å². The SMILES string of the molecule is FC(F)(F)c1cc(NCNC2CCCCC2)cc(C(F)(F)F)c1. The average molecular weight is 340 g/mol. The zero-order valence-corrected chi connectivity index (χ0v) is 12.3. The van der Waals surface area contributed by atoms with Crippen LogP contribution in [0.1, 0.15) is 43.2 Å². The first-order valence-electron chi connectivity index (χ1n) is 7.43. The van der Waals surface area contributed by atoms with Crippen molar-refractivity contribution in [1.29, 1.82) is 0 Å². The van der Waals surface area contributed by atoms with Crippen molar-refractivity contribution >= 4 is 5.69 Å². The van der Waals surface area contributed by atoms with Crippen molar-refractivity contribution in [2.75, 3.05) is 12.0 Å². The number of hydrogen-bond donors (Lipinski definition) is 2. The van der Waals surface area contributed by atoms with Gasteiger partial charge in [-0.3, -0.25) is 5.32 Å². The maximum absolute atomic E-state index is 12.7. The molecular formula is C15H18F6N2. The molecule has 2 rings (SSSR count). The van der Waals surface area contributed by atoms with Crippen LogP contribution in [0.15, 0.2) is 18.2 Å². The molecule has 1 fully saturated rings. The van der Waals surface area contributed by atoms with E-state index in [2.05, 4.69) is 10.6 Å². The van der Waals surface area contributed by atoms with Crippen LogP contribution in [0.25, 0.3) is 0 Å². The minimum atomic E-state index is -4.82. The highest BCUT2D eigenvalue weighted by Crippen LogP contribution is 2.37. The van der Waals surface area contributed by atoms with Crippen molar-refractivity contribution in [3.05, 3.63) is 29.3 Å². The third-order valence-corrected chi connectivity index (χ3v) is 3.88. The van der Waals surface area contributed by atoms with Crippen molar-refractivity contribution in [2.45, 2.75) is 50.5 Å². The molecule has 8 heteroatoms. The Morgan fingerprint density at radius 1 is 0.826 bits per heavy atom. The summed E-state index contributed by atoms with van der Waals surface area (Å²) in [7, 11) is 0. The number of anilines is 1. The van der Waals surface area contributed by atoms with Crippen LogP contribution in [0.2, 0.25) is 0 Å². The normalized spacial score (nSPS) is 17.3. The largest absolute Gasteiger partial charge is 0.416 e. The monoisotopic (exact) mass is 340 g/mol. The standard InChI is InChI=1S/C15H18F6N2/c16-14(17,18)10-6-11(15(19,20)21)8-13(7-10)23-9-22-12-4-2-1-3-5-12/h6-8,12,22-23H,1-5,9H2. The minimum Gasteiger partial charge on any atom is -0.372 e. The number of benzene rings is 1. The summed E-state index contributed by atoms with van der Waals surface area (Å²) in [4.78, 5) is 0. The van der Waals surface area contributed by atoms with Gasteiger partial charge in [0.2, 0.25) is 0 Å². The lowest BCUT2D eigenvalue weighted by Crippen LogP contribution is -2.34. The third kappa shape index (κ3) is 5.30. The van der Waals surface area contributed by atoms with E-state index in [1.807, 2.05) is 0 Å². The predicted octanol–water partition coefficient (Wildman–Crippen LogP) is 5.02. The van der Waals surface area contributed by atoms with Gasteiger partial charge in [-0.25, -0.2) is 0 Å². The van der Waals surface area contributed by atoms with Gasteiger partial charge in [-0.1, -0.05) is 19.3 Å². The first kappa shape index (κ1) is 17.9. The van der Waals surface area contributed by atoms with Gasteiger partial charge < -0.3 is 5.32 Å². The van der Waals surface area contributed by atoms with E-state index in [1.54, 1.807) is 0 Å². The average Bonchev–Trinajstić information content (AvgIpc) is 2.46. The molecule has 0 heterocycles. The van der Waals surface area contributed by atoms with Gasteiger partial charge in [-0.05, 0) is 31.0 Å². The maximum atomic E-state index is 12.7. The van der Waals surface area contributed by atoms with Crippen molar-refractivity contribution in [3.63, 3.8) is 0 Å². The topological polar surface area (TPSA) is 24.1 Å². The molecule has 130 valence electrons. The molecule has 0 amide bonds. The Kier molecular flexibility index (Phi) is 5.44. The van der Waals surface area contributed by atoms with Gasteiger partial charge >= 0.3 is 12.4 Å². The number of rotatable bonds is 4. The molecule has 1 aromatic carbocycles. The summed E-state index contributed by atoms with van der Waals surface area (Å²) in [5.41, 5.74) is -2.82. The van der Waals surface area contributed by atoms with Crippen LogP contribution in [0.3, 0.4) is 0 Å². The maximum Gasteiger partial charge on any atom is 0.416 e. The van der Waals surface area contributed by atoms with E-state index in [-0.39, 0.29) is 24.5 Å². The van der Waals surface area contributed by atoms with E-state index in [9.17, 15) is 26.3 Å². The Morgan fingerprint density at radius 2 is 1.35 bits per heavy atom. The molecule has 2 nitrogen and oxygen atoms in total. The highest BCUT2D eigenvalue weighted by Gasteiger charge is 2.36. The van der Waals surface area contributed by atoms with E-state index in [0.717, 1.165) is 32.1 Å². The Morgan fingerprint density at radius 3 is 1.83 bits per heavy atom. The van der Waals surface area contributed by atoms with Gasteiger partial charge in [0.25, 0.3) is 0 Å². The Hall–Kier alpha value is -1.44. The van der Waals surface area contributed by atoms with E-state index < -0.39 is 23.5 Å². The van der Waals surface area contributed by atoms with Gasteiger partial charge in [0.15, 0.2) is 0 Å². The quantitative estimate of drug-likeness (QED) is 0.594. The molecule has 23 heavy (non-hydrogen) atoms. The second-order valence-corrected chi connectivity index (χ2v) is 5.69. The summed E-state index contributed by atoms with van der Waals surface area (Å²) in [5.74, 6) is 0. The molecule has 0 atom stereocenters. The highest BCUT2D eigenvalue weighted by molar-refractivity contribution is 5.50. The number of alkyl halides is 6. The van der Waals surface area contributed by atoms with Gasteiger partial charge in [-0.2, -0.15) is 26.3 Å². The molecule has 1 aliphatic rings. The lowest BCUT2D eigenvalue weighted by molar-refractivity contribution is -0.143. The van der Waals surface area contributed by atoms with Crippen LogP contribution in [0, 0.1) is 0 Å². The molecule has 0 unspecified atom stereocenters. The van der Waals surface area contributed by atoms with Gasteiger partial charge in [0.05, 0.1) is 17.8 Å². The van der Waals surface area contributed by atoms with Crippen LogP contribution in [-0.2, 0) is 12.4 Å². The molecule has 0 aromatic heterocycles. The molecule has 1 aliphatic carbocycles. The molecular weight excluding hydrogens is 322 g/mol. The second kappa shape index (κ2) is 6.98. The minimum absolute atomic E-state index is 0.125. The fourth-order valence-electron chi connectivity index (χ4n) is 2.66. The predicted molar refractivity (Wildman–Crippen MR) is 74.9 cm³/mol. The number of halogens is 6. The lowest BCUT2D eigenvalue weighted by Gasteiger charge is -2.23. The zero-order chi connectivity index (χ0) is 17.1. The third-order valence-electron chi connectivity index (χ3n) is 3.88. The van der Waals surface area contributed by atoms with Gasteiger partial charge in [-0.15, -0.1) is 0 Å². The van der Waals surface area contributed by atoms with Crippen molar-refractivity contribution in [2.24, 2.45) is 0 Å². The molecule has 0 spiro atoms. The Bertz CT molecular complexity index is 485. The molecule has 0 radical (unpaired) electrons. The summed E-state index contributed by atoms with van der Waals surface area (Å²) >= 11 is 0. The molecule has 2 N–H and O–H groups in total. The van der Waals surface area contributed by atoms with Crippen LogP contribution in [0.4, 0.5) is 32.0 Å². The van der Waals surface area contributed by atoms with Crippen LogP contribution >= 0.6 is 0 Å². The Labute approximate surface area is 130 Å². The summed E-state index contributed by atoms with van der Waals surface area (Å²) in [5, 5.41) is 5.72.